The van der Waals surface area contributed by atoms with Crippen LogP contribution in [0.3, 0.4) is 0 Å². The van der Waals surface area contributed by atoms with Gasteiger partial charge in [-0.15, -0.1) is 0 Å². The molecule has 1 rings (SSSR count). The van der Waals surface area contributed by atoms with Crippen LogP contribution >= 0.6 is 0 Å². The van der Waals surface area contributed by atoms with E-state index in [1.165, 1.54) is 12.1 Å². The fourth-order valence-electron chi connectivity index (χ4n) is 1.90. The smallest absolute Gasteiger partial charge is 0.239 e. The van der Waals surface area contributed by atoms with Crippen molar-refractivity contribution >= 4 is 11.9 Å². The molecule has 7 heteroatoms. The van der Waals surface area contributed by atoms with Crippen LogP contribution in [0.2, 0.25) is 0 Å². The van der Waals surface area contributed by atoms with Gasteiger partial charge in [-0.1, -0.05) is 12.1 Å². The van der Waals surface area contributed by atoms with Crippen LogP contribution in [0.4, 0.5) is 8.78 Å². The predicted octanol–water partition coefficient (Wildman–Crippen LogP) is 1.59. The number of nitrogens with zero attached hydrogens (tertiary/aromatic N) is 1. The lowest BCUT2D eigenvalue weighted by Gasteiger charge is -2.21. The topological polar surface area (TPSA) is 65.5 Å². The van der Waals surface area contributed by atoms with Crippen LogP contribution in [0.25, 0.3) is 0 Å². The van der Waals surface area contributed by atoms with Gasteiger partial charge in [0.05, 0.1) is 6.54 Å². The molecule has 1 amide bonds. The number of nitrogens with one attached hydrogen (secondary N) is 3. The number of benzene rings is 1. The fourth-order valence-corrected chi connectivity index (χ4v) is 1.90. The summed E-state index contributed by atoms with van der Waals surface area (Å²) in [4.78, 5) is 15.7. The predicted molar refractivity (Wildman–Crippen MR) is 87.3 cm³/mol. The zero-order valence-corrected chi connectivity index (χ0v) is 14.0. The molecule has 0 unspecified atom stereocenters. The number of carbonyl (C=O) groups is 1. The normalized spacial score (nSPS) is 12.0. The van der Waals surface area contributed by atoms with Crippen molar-refractivity contribution < 1.29 is 13.6 Å². The summed E-state index contributed by atoms with van der Waals surface area (Å²) in [5, 5.41) is 8.63. The molecule has 0 spiro atoms. The molecule has 0 atom stereocenters. The van der Waals surface area contributed by atoms with Crippen molar-refractivity contribution in [2.24, 2.45) is 4.99 Å². The quantitative estimate of drug-likeness (QED) is 0.569. The van der Waals surface area contributed by atoms with Crippen LogP contribution in [0.1, 0.15) is 26.3 Å². The van der Waals surface area contributed by atoms with Crippen molar-refractivity contribution in [1.29, 1.82) is 0 Å². The Hall–Kier alpha value is -2.18. The first kappa shape index (κ1) is 18.9. The zero-order valence-electron chi connectivity index (χ0n) is 14.0. The monoisotopic (exact) mass is 326 g/mol. The lowest BCUT2D eigenvalue weighted by Crippen LogP contribution is -2.48. The molecule has 0 aliphatic rings. The average molecular weight is 326 g/mol. The molecule has 23 heavy (non-hydrogen) atoms. The molecule has 0 fully saturated rings. The van der Waals surface area contributed by atoms with E-state index in [9.17, 15) is 13.6 Å². The number of guanidine groups is 1. The molecule has 128 valence electrons. The number of hydrogen-bond donors (Lipinski definition) is 3. The molecule has 5 nitrogen and oxygen atoms in total. The van der Waals surface area contributed by atoms with Crippen molar-refractivity contribution in [1.82, 2.24) is 16.0 Å². The van der Waals surface area contributed by atoms with Crippen molar-refractivity contribution in [3.05, 3.63) is 35.4 Å². The van der Waals surface area contributed by atoms with Gasteiger partial charge in [0, 0.05) is 19.1 Å². The summed E-state index contributed by atoms with van der Waals surface area (Å²) in [6, 6.07) is 4.09. The second-order valence-corrected chi connectivity index (χ2v) is 6.11. The third-order valence-corrected chi connectivity index (χ3v) is 2.87. The third-order valence-electron chi connectivity index (χ3n) is 2.87. The van der Waals surface area contributed by atoms with Crippen LogP contribution in [-0.2, 0) is 11.2 Å². The van der Waals surface area contributed by atoms with E-state index >= 15 is 0 Å². The minimum absolute atomic E-state index is 0.0747. The second-order valence-electron chi connectivity index (χ2n) is 6.11. The Morgan fingerprint density at radius 1 is 1.22 bits per heavy atom. The summed E-state index contributed by atoms with van der Waals surface area (Å²) < 4.78 is 26.6. The number of hydrogen-bond acceptors (Lipinski definition) is 2. The molecule has 0 aliphatic carbocycles. The van der Waals surface area contributed by atoms with Gasteiger partial charge in [0.1, 0.15) is 0 Å². The Labute approximate surface area is 135 Å². The van der Waals surface area contributed by atoms with Gasteiger partial charge >= 0.3 is 0 Å². The molecular weight excluding hydrogens is 302 g/mol. The molecule has 1 aromatic carbocycles. The molecule has 0 aromatic heterocycles. The molecule has 0 saturated carbocycles. The Kier molecular flexibility index (Phi) is 6.93. The molecule has 0 heterocycles. The molecule has 1 aromatic rings. The lowest BCUT2D eigenvalue weighted by molar-refractivity contribution is -0.121. The summed E-state index contributed by atoms with van der Waals surface area (Å²) in [5.74, 6) is -1.42. The Morgan fingerprint density at radius 3 is 2.52 bits per heavy atom. The summed E-state index contributed by atoms with van der Waals surface area (Å²) in [5.41, 5.74) is -0.0108. The van der Waals surface area contributed by atoms with Crippen molar-refractivity contribution in [3.8, 4) is 0 Å². The Bertz CT molecular complexity index is 568. The maximum atomic E-state index is 13.5. The highest BCUT2D eigenvalue weighted by Crippen LogP contribution is 2.11. The Balaban J connectivity index is 2.40. The maximum Gasteiger partial charge on any atom is 0.239 e. The first-order valence-electron chi connectivity index (χ1n) is 7.41. The van der Waals surface area contributed by atoms with Crippen LogP contribution in [0.15, 0.2) is 23.2 Å². The van der Waals surface area contributed by atoms with Crippen LogP contribution in [0, 0.1) is 11.6 Å². The van der Waals surface area contributed by atoms with E-state index in [4.69, 9.17) is 0 Å². The number of aliphatic imine (C=N–C) groups is 1. The van der Waals surface area contributed by atoms with Gasteiger partial charge in [-0.3, -0.25) is 9.79 Å². The van der Waals surface area contributed by atoms with Crippen molar-refractivity contribution in [2.75, 3.05) is 20.1 Å². The summed E-state index contributed by atoms with van der Waals surface area (Å²) in [7, 11) is 1.57. The molecule has 3 N–H and O–H groups in total. The lowest BCUT2D eigenvalue weighted by atomic mass is 10.1. The van der Waals surface area contributed by atoms with Gasteiger partial charge in [0.15, 0.2) is 17.6 Å². The molecule has 0 radical (unpaired) electrons. The van der Waals surface area contributed by atoms with E-state index in [0.717, 1.165) is 6.07 Å². The number of carbonyl (C=O) groups excluding carboxylic acids is 1. The van der Waals surface area contributed by atoms with Gasteiger partial charge in [-0.2, -0.15) is 0 Å². The minimum Gasteiger partial charge on any atom is -0.356 e. The van der Waals surface area contributed by atoms with Gasteiger partial charge in [0.2, 0.25) is 5.91 Å². The first-order chi connectivity index (χ1) is 10.7. The van der Waals surface area contributed by atoms with Crippen molar-refractivity contribution in [3.63, 3.8) is 0 Å². The average Bonchev–Trinajstić information content (AvgIpc) is 2.45. The van der Waals surface area contributed by atoms with Gasteiger partial charge in [-0.25, -0.2) is 8.78 Å². The SMILES string of the molecule is CN=C(NCCc1cccc(F)c1F)NCC(=O)NC(C)(C)C. The number of rotatable bonds is 5. The molecule has 0 aliphatic heterocycles. The summed E-state index contributed by atoms with van der Waals surface area (Å²) in [6.07, 6.45) is 0.304. The Morgan fingerprint density at radius 2 is 1.91 bits per heavy atom. The number of halogens is 2. The highest BCUT2D eigenvalue weighted by molar-refractivity contribution is 5.86. The summed E-state index contributed by atoms with van der Waals surface area (Å²) >= 11 is 0. The molecule has 0 bridgehead atoms. The van der Waals surface area contributed by atoms with Crippen LogP contribution < -0.4 is 16.0 Å². The van der Waals surface area contributed by atoms with E-state index in [1.807, 2.05) is 20.8 Å². The van der Waals surface area contributed by atoms with E-state index in [0.29, 0.717) is 24.5 Å². The second kappa shape index (κ2) is 8.45. The number of amides is 1. The fraction of sp³-hybridized carbons (Fsp3) is 0.500. The highest BCUT2D eigenvalue weighted by atomic mass is 19.2. The standard InChI is InChI=1S/C16H24F2N4O/c1-16(2,3)22-13(23)10-21-15(19-4)20-9-8-11-6-5-7-12(17)14(11)18/h5-7H,8-10H2,1-4H3,(H,22,23)(H2,19,20,21). The first-order valence-corrected chi connectivity index (χ1v) is 7.41. The highest BCUT2D eigenvalue weighted by Gasteiger charge is 2.13. The maximum absolute atomic E-state index is 13.5. The minimum atomic E-state index is -0.858. The summed E-state index contributed by atoms with van der Waals surface area (Å²) in [6.45, 7) is 6.12. The van der Waals surface area contributed by atoms with E-state index in [-0.39, 0.29) is 18.0 Å². The van der Waals surface area contributed by atoms with Gasteiger partial charge in [-0.05, 0) is 38.8 Å². The van der Waals surface area contributed by atoms with Gasteiger partial charge in [0.25, 0.3) is 0 Å². The third kappa shape index (κ3) is 7.08. The largest absolute Gasteiger partial charge is 0.356 e. The molecular formula is C16H24F2N4O. The van der Waals surface area contributed by atoms with E-state index in [2.05, 4.69) is 20.9 Å². The van der Waals surface area contributed by atoms with Crippen molar-refractivity contribution in [2.45, 2.75) is 32.7 Å². The van der Waals surface area contributed by atoms with E-state index < -0.39 is 11.6 Å². The van der Waals surface area contributed by atoms with E-state index in [1.54, 1.807) is 7.05 Å². The van der Waals surface area contributed by atoms with Crippen LogP contribution in [0.5, 0.6) is 0 Å². The van der Waals surface area contributed by atoms with Gasteiger partial charge < -0.3 is 16.0 Å². The molecule has 0 saturated heterocycles. The van der Waals surface area contributed by atoms with Crippen LogP contribution in [-0.4, -0.2) is 37.5 Å². The zero-order chi connectivity index (χ0) is 17.5.